The highest BCUT2D eigenvalue weighted by atomic mass is 32.2. The molecule has 0 amide bonds. The van der Waals surface area contributed by atoms with Gasteiger partial charge in [0.05, 0.1) is 6.20 Å². The molecule has 1 heterocycles. The van der Waals surface area contributed by atoms with E-state index in [0.29, 0.717) is 18.4 Å². The summed E-state index contributed by atoms with van der Waals surface area (Å²) in [5, 5.41) is 0. The summed E-state index contributed by atoms with van der Waals surface area (Å²) in [5.74, 6) is -0.983. The summed E-state index contributed by atoms with van der Waals surface area (Å²) in [7, 11) is -3.80. The van der Waals surface area contributed by atoms with Crippen LogP contribution in [0.5, 0.6) is 0 Å². The Hall–Kier alpha value is -1.86. The van der Waals surface area contributed by atoms with Gasteiger partial charge in [0.15, 0.2) is 0 Å². The van der Waals surface area contributed by atoms with Gasteiger partial charge in [-0.25, -0.2) is 21.9 Å². The van der Waals surface area contributed by atoms with Crippen molar-refractivity contribution in [1.29, 1.82) is 0 Å². The van der Waals surface area contributed by atoms with E-state index in [4.69, 9.17) is 0 Å². The van der Waals surface area contributed by atoms with Gasteiger partial charge in [-0.05, 0) is 36.5 Å². The monoisotopic (exact) mass is 324 g/mol. The van der Waals surface area contributed by atoms with Gasteiger partial charge in [-0.3, -0.25) is 4.98 Å². The molecule has 0 unspecified atom stereocenters. The Bertz CT molecular complexity index is 790. The minimum atomic E-state index is -3.80. The van der Waals surface area contributed by atoms with E-state index in [1.807, 2.05) is 0 Å². The van der Waals surface area contributed by atoms with E-state index >= 15 is 0 Å². The van der Waals surface area contributed by atoms with Crippen molar-refractivity contribution in [1.82, 2.24) is 9.71 Å². The Morgan fingerprint density at radius 1 is 1.14 bits per heavy atom. The third-order valence-corrected chi connectivity index (χ3v) is 5.28. The first-order chi connectivity index (χ1) is 10.5. The maximum absolute atomic E-state index is 13.6. The quantitative estimate of drug-likeness (QED) is 0.940. The van der Waals surface area contributed by atoms with Gasteiger partial charge in [0.1, 0.15) is 16.5 Å². The van der Waals surface area contributed by atoms with E-state index in [2.05, 4.69) is 9.71 Å². The van der Waals surface area contributed by atoms with Gasteiger partial charge in [-0.1, -0.05) is 18.2 Å². The number of nitrogens with zero attached hydrogens (tertiary/aromatic N) is 1. The fraction of sp³-hybridized carbons (Fsp3) is 0.267. The molecule has 1 saturated carbocycles. The van der Waals surface area contributed by atoms with E-state index in [0.717, 1.165) is 18.5 Å². The fourth-order valence-corrected chi connectivity index (χ4v) is 3.84. The number of hydrogen-bond acceptors (Lipinski definition) is 3. The van der Waals surface area contributed by atoms with Gasteiger partial charge in [0.2, 0.25) is 10.0 Å². The molecule has 3 rings (SSSR count). The maximum atomic E-state index is 13.6. The van der Waals surface area contributed by atoms with Crippen molar-refractivity contribution in [2.24, 2.45) is 0 Å². The van der Waals surface area contributed by atoms with Crippen molar-refractivity contribution in [3.8, 4) is 0 Å². The second-order valence-corrected chi connectivity index (χ2v) is 7.06. The van der Waals surface area contributed by atoms with Crippen molar-refractivity contribution >= 4 is 10.0 Å². The lowest BCUT2D eigenvalue weighted by Crippen LogP contribution is -2.43. The molecule has 1 aliphatic rings. The summed E-state index contributed by atoms with van der Waals surface area (Å²) < 4.78 is 53.4. The number of sulfonamides is 1. The predicted molar refractivity (Wildman–Crippen MR) is 76.7 cm³/mol. The minimum absolute atomic E-state index is 0.000431. The average Bonchev–Trinajstić information content (AvgIpc) is 2.43. The largest absolute Gasteiger partial charge is 0.260 e. The summed E-state index contributed by atoms with van der Waals surface area (Å²) in [4.78, 5) is 3.33. The first kappa shape index (κ1) is 15.1. The van der Waals surface area contributed by atoms with Gasteiger partial charge in [-0.2, -0.15) is 0 Å². The zero-order chi connectivity index (χ0) is 15.7. The first-order valence-corrected chi connectivity index (χ1v) is 8.31. The summed E-state index contributed by atoms with van der Waals surface area (Å²) in [6.07, 6.45) is 3.07. The van der Waals surface area contributed by atoms with Crippen molar-refractivity contribution in [2.45, 2.75) is 29.7 Å². The maximum Gasteiger partial charge on any atom is 0.242 e. The molecule has 4 nitrogen and oxygen atoms in total. The Labute approximate surface area is 127 Å². The number of halogens is 2. The van der Waals surface area contributed by atoms with Crippen molar-refractivity contribution < 1.29 is 17.2 Å². The molecule has 0 radical (unpaired) electrons. The van der Waals surface area contributed by atoms with Crippen LogP contribution < -0.4 is 4.72 Å². The van der Waals surface area contributed by atoms with Crippen LogP contribution >= 0.6 is 0 Å². The van der Waals surface area contributed by atoms with Crippen molar-refractivity contribution in [3.63, 3.8) is 0 Å². The molecule has 1 aromatic heterocycles. The number of benzene rings is 1. The summed E-state index contributed by atoms with van der Waals surface area (Å²) in [6, 6.07) is 7.12. The number of hydrogen-bond donors (Lipinski definition) is 1. The van der Waals surface area contributed by atoms with E-state index in [1.54, 1.807) is 18.2 Å². The highest BCUT2D eigenvalue weighted by molar-refractivity contribution is 7.89. The molecule has 1 N–H and O–H groups in total. The summed E-state index contributed by atoms with van der Waals surface area (Å²) >= 11 is 0. The van der Waals surface area contributed by atoms with Crippen LogP contribution in [-0.4, -0.2) is 19.4 Å². The highest BCUT2D eigenvalue weighted by Crippen LogP contribution is 2.38. The van der Waals surface area contributed by atoms with Crippen LogP contribution in [0.2, 0.25) is 0 Å². The minimum Gasteiger partial charge on any atom is -0.260 e. The fourth-order valence-electron chi connectivity index (χ4n) is 2.60. The van der Waals surface area contributed by atoms with Gasteiger partial charge in [0.25, 0.3) is 0 Å². The molecule has 7 heteroatoms. The molecule has 1 aromatic carbocycles. The molecular formula is C15H14F2N2O2S. The van der Waals surface area contributed by atoms with Gasteiger partial charge in [-0.15, -0.1) is 0 Å². The lowest BCUT2D eigenvalue weighted by atomic mass is 9.76. The molecule has 22 heavy (non-hydrogen) atoms. The second-order valence-electron chi connectivity index (χ2n) is 5.35. The average molecular weight is 324 g/mol. The van der Waals surface area contributed by atoms with Crippen LogP contribution in [0, 0.1) is 11.6 Å². The predicted octanol–water partition coefficient (Wildman–Crippen LogP) is 2.58. The van der Waals surface area contributed by atoms with Crippen LogP contribution in [0.25, 0.3) is 0 Å². The smallest absolute Gasteiger partial charge is 0.242 e. The Morgan fingerprint density at radius 2 is 1.86 bits per heavy atom. The van der Waals surface area contributed by atoms with Crippen molar-refractivity contribution in [2.75, 3.05) is 0 Å². The van der Waals surface area contributed by atoms with Crippen LogP contribution in [0.4, 0.5) is 8.78 Å². The molecule has 1 fully saturated rings. The number of rotatable bonds is 4. The molecule has 1 aliphatic carbocycles. The number of aromatic nitrogens is 1. The standard InChI is InChI=1S/C15H14F2N2O2S/c16-11-7-13(9-18-8-11)22(20,21)19-12-5-10(6-12)14-3-1-2-4-15(14)17/h1-4,7-10,12,19H,5-6H2. The number of nitrogens with one attached hydrogen (secondary N) is 1. The summed E-state index contributed by atoms with van der Waals surface area (Å²) in [6.45, 7) is 0. The van der Waals surface area contributed by atoms with E-state index in [-0.39, 0.29) is 22.7 Å². The normalized spacial score (nSPS) is 21.4. The van der Waals surface area contributed by atoms with Gasteiger partial charge in [0, 0.05) is 12.2 Å². The molecule has 0 spiro atoms. The molecule has 116 valence electrons. The molecule has 0 bridgehead atoms. The Balaban J connectivity index is 1.66. The number of pyridine rings is 1. The molecule has 0 atom stereocenters. The van der Waals surface area contributed by atoms with Gasteiger partial charge >= 0.3 is 0 Å². The van der Waals surface area contributed by atoms with Crippen LogP contribution in [0.1, 0.15) is 24.3 Å². The van der Waals surface area contributed by atoms with Gasteiger partial charge < -0.3 is 0 Å². The Kier molecular flexibility index (Phi) is 3.92. The van der Waals surface area contributed by atoms with E-state index < -0.39 is 15.8 Å². The molecule has 0 aliphatic heterocycles. The SMILES string of the molecule is O=S(=O)(NC1CC(c2ccccc2F)C1)c1cncc(F)c1. The van der Waals surface area contributed by atoms with Crippen LogP contribution in [0.3, 0.4) is 0 Å². The molecule has 0 saturated heterocycles. The highest BCUT2D eigenvalue weighted by Gasteiger charge is 2.34. The lowest BCUT2D eigenvalue weighted by molar-refractivity contribution is 0.319. The second kappa shape index (κ2) is 5.73. The third kappa shape index (κ3) is 3.00. The Morgan fingerprint density at radius 3 is 2.55 bits per heavy atom. The molecule has 2 aromatic rings. The summed E-state index contributed by atoms with van der Waals surface area (Å²) in [5.41, 5.74) is 0.602. The van der Waals surface area contributed by atoms with E-state index in [9.17, 15) is 17.2 Å². The van der Waals surface area contributed by atoms with E-state index in [1.165, 1.54) is 6.07 Å². The molecular weight excluding hydrogens is 310 g/mol. The lowest BCUT2D eigenvalue weighted by Gasteiger charge is -2.36. The zero-order valence-corrected chi connectivity index (χ0v) is 12.4. The first-order valence-electron chi connectivity index (χ1n) is 6.83. The van der Waals surface area contributed by atoms with Crippen molar-refractivity contribution in [3.05, 3.63) is 59.9 Å². The topological polar surface area (TPSA) is 59.1 Å². The zero-order valence-electron chi connectivity index (χ0n) is 11.5. The van der Waals surface area contributed by atoms with Crippen LogP contribution in [-0.2, 0) is 10.0 Å². The van der Waals surface area contributed by atoms with Crippen LogP contribution in [0.15, 0.2) is 47.6 Å². The third-order valence-electron chi connectivity index (χ3n) is 3.80.